The molecule has 78 valence electrons. The van der Waals surface area contributed by atoms with Gasteiger partial charge in [-0.3, -0.25) is 0 Å². The summed E-state index contributed by atoms with van der Waals surface area (Å²) in [7, 11) is 0. The summed E-state index contributed by atoms with van der Waals surface area (Å²) in [6, 6.07) is 2.76. The van der Waals surface area contributed by atoms with E-state index in [2.05, 4.69) is 0 Å². The average Bonchev–Trinajstić information content (AvgIpc) is 2.09. The molecule has 0 saturated carbocycles. The van der Waals surface area contributed by atoms with Crippen molar-refractivity contribution in [1.29, 1.82) is 0 Å². The summed E-state index contributed by atoms with van der Waals surface area (Å²) >= 11 is 17.1. The van der Waals surface area contributed by atoms with Crippen LogP contribution in [0.5, 0.6) is 5.75 Å². The van der Waals surface area contributed by atoms with Crippen LogP contribution in [0.1, 0.15) is 0 Å². The van der Waals surface area contributed by atoms with Crippen LogP contribution in [-0.4, -0.2) is 55.4 Å². The molecule has 0 amide bonds. The van der Waals surface area contributed by atoms with Crippen molar-refractivity contribution < 1.29 is 14.6 Å². The van der Waals surface area contributed by atoms with Gasteiger partial charge in [-0.15, -0.1) is 0 Å². The maximum atomic E-state index is 10.2. The van der Waals surface area contributed by atoms with Crippen LogP contribution in [0.4, 0.5) is 0 Å². The van der Waals surface area contributed by atoms with E-state index >= 15 is 0 Å². The summed E-state index contributed by atoms with van der Waals surface area (Å²) in [4.78, 5) is 10.2. The molecule has 0 atom stereocenters. The molecular weight excluding hydrogens is 291 g/mol. The molecule has 3 nitrogen and oxygen atoms in total. The fraction of sp³-hybridized carbons (Fsp3) is 0.125. The predicted molar refractivity (Wildman–Crippen MR) is 60.4 cm³/mol. The number of aliphatic carboxylic acids is 1. The van der Waals surface area contributed by atoms with Crippen molar-refractivity contribution >= 4 is 78.5 Å². The number of benzene rings is 1. The molecule has 1 aromatic carbocycles. The first-order chi connectivity index (χ1) is 6.50. The molecule has 0 aliphatic heterocycles. The summed E-state index contributed by atoms with van der Waals surface area (Å²) in [6.45, 7) is -0.475. The fourth-order valence-electron chi connectivity index (χ4n) is 0.754. The van der Waals surface area contributed by atoms with E-state index in [1.54, 1.807) is 0 Å². The third kappa shape index (κ3) is 4.98. The van der Waals surface area contributed by atoms with E-state index in [0.717, 1.165) is 0 Å². The summed E-state index contributed by atoms with van der Waals surface area (Å²) < 4.78 is 4.86. The molecule has 2 radical (unpaired) electrons. The van der Waals surface area contributed by atoms with Crippen molar-refractivity contribution in [2.45, 2.75) is 0 Å². The van der Waals surface area contributed by atoms with Gasteiger partial charge in [0.05, 0.1) is 15.1 Å². The Morgan fingerprint density at radius 3 is 2.27 bits per heavy atom. The van der Waals surface area contributed by atoms with E-state index in [-0.39, 0.29) is 53.5 Å². The maximum Gasteiger partial charge on any atom is 0.341 e. The standard InChI is InChI=1S/C8H5Cl3O3.Ca/c9-4-1-6(11)7(2-5(4)10)14-3-8(12)13;/h1-2H,3H2,(H,12,13);. The van der Waals surface area contributed by atoms with Gasteiger partial charge >= 0.3 is 5.97 Å². The third-order valence-corrected chi connectivity index (χ3v) is 2.34. The molecule has 1 rings (SSSR count). The van der Waals surface area contributed by atoms with Gasteiger partial charge in [0.25, 0.3) is 0 Å². The number of hydrogen-bond acceptors (Lipinski definition) is 2. The van der Waals surface area contributed by atoms with Crippen LogP contribution in [-0.2, 0) is 4.79 Å². The van der Waals surface area contributed by atoms with E-state index in [9.17, 15) is 4.79 Å². The number of halogens is 3. The molecule has 0 aliphatic rings. The fourth-order valence-corrected chi connectivity index (χ4v) is 1.35. The minimum absolute atomic E-state index is 0. The van der Waals surface area contributed by atoms with Crippen molar-refractivity contribution in [3.05, 3.63) is 27.2 Å². The molecule has 15 heavy (non-hydrogen) atoms. The molecule has 7 heteroatoms. The Balaban J connectivity index is 0.00000196. The van der Waals surface area contributed by atoms with Crippen LogP contribution in [0, 0.1) is 0 Å². The first kappa shape index (κ1) is 15.6. The van der Waals surface area contributed by atoms with Gasteiger partial charge < -0.3 is 9.84 Å². The Morgan fingerprint density at radius 1 is 1.20 bits per heavy atom. The molecule has 0 spiro atoms. The summed E-state index contributed by atoms with van der Waals surface area (Å²) in [5.41, 5.74) is 0. The molecule has 0 unspecified atom stereocenters. The van der Waals surface area contributed by atoms with Gasteiger partial charge in [0.2, 0.25) is 0 Å². The van der Waals surface area contributed by atoms with Crippen LogP contribution in [0.15, 0.2) is 12.1 Å². The molecule has 0 aromatic heterocycles. The molecular formula is C8H5CaCl3O3. The molecule has 0 saturated heterocycles. The molecule has 0 fully saturated rings. The smallest absolute Gasteiger partial charge is 0.341 e. The Morgan fingerprint density at radius 2 is 1.73 bits per heavy atom. The maximum absolute atomic E-state index is 10.2. The van der Waals surface area contributed by atoms with Crippen LogP contribution in [0.25, 0.3) is 0 Å². The monoisotopic (exact) mass is 294 g/mol. The normalized spacial score (nSPS) is 9.27. The van der Waals surface area contributed by atoms with Crippen LogP contribution >= 0.6 is 34.8 Å². The Hall–Kier alpha value is 0.620. The van der Waals surface area contributed by atoms with E-state index < -0.39 is 12.6 Å². The van der Waals surface area contributed by atoms with Crippen molar-refractivity contribution in [2.24, 2.45) is 0 Å². The predicted octanol–water partition coefficient (Wildman–Crippen LogP) is 2.73. The van der Waals surface area contributed by atoms with Gasteiger partial charge in [-0.2, -0.15) is 0 Å². The van der Waals surface area contributed by atoms with Gasteiger partial charge in [-0.05, 0) is 6.07 Å². The van der Waals surface area contributed by atoms with Crippen LogP contribution in [0.2, 0.25) is 15.1 Å². The van der Waals surface area contributed by atoms with Crippen LogP contribution in [0.3, 0.4) is 0 Å². The average molecular weight is 296 g/mol. The third-order valence-electron chi connectivity index (χ3n) is 1.33. The minimum atomic E-state index is -1.09. The topological polar surface area (TPSA) is 46.5 Å². The Bertz CT molecular complexity index is 370. The van der Waals surface area contributed by atoms with E-state index in [0.29, 0.717) is 5.02 Å². The number of carboxylic acid groups (broad SMARTS) is 1. The number of hydrogen-bond donors (Lipinski definition) is 1. The summed E-state index contributed by atoms with van der Waals surface area (Å²) in [6.07, 6.45) is 0. The molecule has 1 N–H and O–H groups in total. The van der Waals surface area contributed by atoms with Crippen molar-refractivity contribution in [2.75, 3.05) is 6.61 Å². The minimum Gasteiger partial charge on any atom is -0.480 e. The zero-order valence-corrected chi connectivity index (χ0v) is 11.9. The zero-order chi connectivity index (χ0) is 10.7. The van der Waals surface area contributed by atoms with E-state index in [4.69, 9.17) is 44.6 Å². The second-order valence-electron chi connectivity index (χ2n) is 2.38. The summed E-state index contributed by atoms with van der Waals surface area (Å²) in [5, 5.41) is 9.14. The molecule has 1 aromatic rings. The van der Waals surface area contributed by atoms with Gasteiger partial charge in [0.1, 0.15) is 5.75 Å². The largest absolute Gasteiger partial charge is 0.480 e. The van der Waals surface area contributed by atoms with Gasteiger partial charge in [0, 0.05) is 43.8 Å². The molecule has 0 bridgehead atoms. The molecule has 0 heterocycles. The zero-order valence-electron chi connectivity index (χ0n) is 7.47. The number of carboxylic acids is 1. The Kier molecular flexibility index (Phi) is 7.34. The van der Waals surface area contributed by atoms with Gasteiger partial charge in [-0.25, -0.2) is 4.79 Å². The number of carbonyl (C=O) groups is 1. The van der Waals surface area contributed by atoms with Crippen molar-refractivity contribution in [3.63, 3.8) is 0 Å². The Labute approximate surface area is 131 Å². The van der Waals surface area contributed by atoms with Crippen molar-refractivity contribution in [1.82, 2.24) is 0 Å². The second kappa shape index (κ2) is 7.05. The second-order valence-corrected chi connectivity index (χ2v) is 3.60. The summed E-state index contributed by atoms with van der Waals surface area (Å²) in [5.74, 6) is -0.893. The number of ether oxygens (including phenoxy) is 1. The molecule has 0 aliphatic carbocycles. The van der Waals surface area contributed by atoms with Gasteiger partial charge in [0.15, 0.2) is 6.61 Å². The van der Waals surface area contributed by atoms with Gasteiger partial charge in [-0.1, -0.05) is 34.8 Å². The van der Waals surface area contributed by atoms with E-state index in [1.165, 1.54) is 12.1 Å². The van der Waals surface area contributed by atoms with Crippen molar-refractivity contribution in [3.8, 4) is 5.75 Å². The van der Waals surface area contributed by atoms with E-state index in [1.807, 2.05) is 0 Å². The van der Waals surface area contributed by atoms with Crippen LogP contribution < -0.4 is 4.74 Å². The number of rotatable bonds is 3. The quantitative estimate of drug-likeness (QED) is 0.689. The SMILES string of the molecule is O=C(O)COc1cc(Cl)c(Cl)cc1Cl.[Ca]. The first-order valence-electron chi connectivity index (χ1n) is 3.50. The first-order valence-corrected chi connectivity index (χ1v) is 4.63.